The van der Waals surface area contributed by atoms with Gasteiger partial charge in [-0.15, -0.1) is 0 Å². The zero-order chi connectivity index (χ0) is 10.7. The Balaban J connectivity index is 1.98. The lowest BCUT2D eigenvalue weighted by Crippen LogP contribution is -2.34. The molecule has 1 aromatic rings. The zero-order valence-corrected chi connectivity index (χ0v) is 8.43. The van der Waals surface area contributed by atoms with Crippen molar-refractivity contribution in [2.75, 3.05) is 13.2 Å². The largest absolute Gasteiger partial charge is 0.379 e. The van der Waals surface area contributed by atoms with E-state index in [2.05, 4.69) is 4.98 Å². The molecule has 1 aromatic heterocycles. The second-order valence-corrected chi connectivity index (χ2v) is 3.81. The molecule has 1 fully saturated rings. The van der Waals surface area contributed by atoms with Crippen LogP contribution in [0, 0.1) is 5.92 Å². The average molecular weight is 206 g/mol. The Labute approximate surface area is 88.4 Å². The number of nitrogens with zero attached hydrogens (tertiary/aromatic N) is 1. The van der Waals surface area contributed by atoms with Crippen LogP contribution in [0.5, 0.6) is 0 Å². The zero-order valence-electron chi connectivity index (χ0n) is 8.43. The van der Waals surface area contributed by atoms with Crippen molar-refractivity contribution in [3.8, 4) is 0 Å². The van der Waals surface area contributed by atoms with Gasteiger partial charge in [0.25, 0.3) is 0 Å². The average Bonchev–Trinajstić information content (AvgIpc) is 2.66. The summed E-state index contributed by atoms with van der Waals surface area (Å²) in [6.07, 6.45) is 3.80. The molecule has 0 radical (unpaired) electrons. The van der Waals surface area contributed by atoms with Gasteiger partial charge in [-0.3, -0.25) is 9.78 Å². The van der Waals surface area contributed by atoms with Gasteiger partial charge in [-0.2, -0.15) is 0 Å². The SMILES string of the molecule is NC1COCC1C(=O)Cc1ccncc1. The van der Waals surface area contributed by atoms with Gasteiger partial charge in [0.1, 0.15) is 5.78 Å². The molecule has 0 bridgehead atoms. The van der Waals surface area contributed by atoms with E-state index in [1.807, 2.05) is 12.1 Å². The Morgan fingerprint density at radius 3 is 2.80 bits per heavy atom. The summed E-state index contributed by atoms with van der Waals surface area (Å²) in [5.74, 6) is 0.0179. The van der Waals surface area contributed by atoms with Crippen molar-refractivity contribution in [1.82, 2.24) is 4.98 Å². The fourth-order valence-electron chi connectivity index (χ4n) is 1.74. The first kappa shape index (κ1) is 10.3. The van der Waals surface area contributed by atoms with E-state index < -0.39 is 0 Å². The van der Waals surface area contributed by atoms with Crippen molar-refractivity contribution in [2.24, 2.45) is 11.7 Å². The first-order valence-corrected chi connectivity index (χ1v) is 5.02. The molecular formula is C11H14N2O2. The maximum Gasteiger partial charge on any atom is 0.144 e. The molecule has 2 heterocycles. The molecule has 0 amide bonds. The maximum atomic E-state index is 11.8. The smallest absolute Gasteiger partial charge is 0.144 e. The summed E-state index contributed by atoms with van der Waals surface area (Å²) in [6, 6.07) is 3.55. The third-order valence-corrected chi connectivity index (χ3v) is 2.67. The summed E-state index contributed by atoms with van der Waals surface area (Å²) in [4.78, 5) is 15.7. The number of ether oxygens (including phenoxy) is 1. The predicted octanol–water partition coefficient (Wildman–Crippen LogP) is 0.167. The topological polar surface area (TPSA) is 65.2 Å². The van der Waals surface area contributed by atoms with E-state index >= 15 is 0 Å². The fraction of sp³-hybridized carbons (Fsp3) is 0.455. The number of nitrogens with two attached hydrogens (primary N) is 1. The summed E-state index contributed by atoms with van der Waals surface area (Å²) in [5, 5.41) is 0. The highest BCUT2D eigenvalue weighted by Crippen LogP contribution is 2.15. The minimum absolute atomic E-state index is 0.140. The van der Waals surface area contributed by atoms with Gasteiger partial charge in [-0.05, 0) is 17.7 Å². The fourth-order valence-corrected chi connectivity index (χ4v) is 1.74. The van der Waals surface area contributed by atoms with E-state index in [-0.39, 0.29) is 17.7 Å². The molecule has 0 aliphatic carbocycles. The lowest BCUT2D eigenvalue weighted by atomic mass is 9.95. The number of ketones is 1. The van der Waals surface area contributed by atoms with Crippen LogP contribution >= 0.6 is 0 Å². The Hall–Kier alpha value is -1.26. The number of rotatable bonds is 3. The van der Waals surface area contributed by atoms with Gasteiger partial charge in [0.05, 0.1) is 19.1 Å². The third-order valence-electron chi connectivity index (χ3n) is 2.67. The van der Waals surface area contributed by atoms with E-state index in [9.17, 15) is 4.79 Å². The second-order valence-electron chi connectivity index (χ2n) is 3.81. The van der Waals surface area contributed by atoms with Crippen molar-refractivity contribution >= 4 is 5.78 Å². The van der Waals surface area contributed by atoms with Gasteiger partial charge >= 0.3 is 0 Å². The van der Waals surface area contributed by atoms with Crippen LogP contribution in [0.15, 0.2) is 24.5 Å². The molecule has 0 aromatic carbocycles. The highest BCUT2D eigenvalue weighted by atomic mass is 16.5. The van der Waals surface area contributed by atoms with Gasteiger partial charge in [0.15, 0.2) is 0 Å². The molecule has 2 atom stereocenters. The molecule has 1 saturated heterocycles. The van der Waals surface area contributed by atoms with Crippen LogP contribution in [0.3, 0.4) is 0 Å². The molecule has 80 valence electrons. The molecule has 1 aliphatic heterocycles. The molecule has 2 rings (SSSR count). The number of carbonyl (C=O) groups is 1. The Morgan fingerprint density at radius 1 is 1.47 bits per heavy atom. The van der Waals surface area contributed by atoms with Crippen molar-refractivity contribution in [3.05, 3.63) is 30.1 Å². The van der Waals surface area contributed by atoms with E-state index in [4.69, 9.17) is 10.5 Å². The third kappa shape index (κ3) is 2.40. The predicted molar refractivity (Wildman–Crippen MR) is 55.2 cm³/mol. The molecule has 0 spiro atoms. The van der Waals surface area contributed by atoms with Crippen LogP contribution < -0.4 is 5.73 Å². The molecule has 4 nitrogen and oxygen atoms in total. The number of pyridine rings is 1. The molecule has 15 heavy (non-hydrogen) atoms. The van der Waals surface area contributed by atoms with E-state index in [0.717, 1.165) is 5.56 Å². The monoisotopic (exact) mass is 206 g/mol. The summed E-state index contributed by atoms with van der Waals surface area (Å²) in [6.45, 7) is 0.956. The van der Waals surface area contributed by atoms with Gasteiger partial charge in [-0.25, -0.2) is 0 Å². The molecule has 2 N–H and O–H groups in total. The summed E-state index contributed by atoms with van der Waals surface area (Å²) in [7, 11) is 0. The van der Waals surface area contributed by atoms with Crippen LogP contribution in [0.4, 0.5) is 0 Å². The quantitative estimate of drug-likeness (QED) is 0.765. The van der Waals surface area contributed by atoms with Crippen molar-refractivity contribution < 1.29 is 9.53 Å². The molecule has 0 saturated carbocycles. The highest BCUT2D eigenvalue weighted by molar-refractivity contribution is 5.84. The van der Waals surface area contributed by atoms with Gasteiger partial charge in [0, 0.05) is 24.9 Å². The Bertz CT molecular complexity index is 340. The number of carbonyl (C=O) groups excluding carboxylic acids is 1. The lowest BCUT2D eigenvalue weighted by Gasteiger charge is -2.11. The summed E-state index contributed by atoms with van der Waals surface area (Å²) < 4.78 is 5.17. The van der Waals surface area contributed by atoms with Crippen LogP contribution in [0.25, 0.3) is 0 Å². The molecule has 2 unspecified atom stereocenters. The second kappa shape index (κ2) is 4.51. The number of hydrogen-bond donors (Lipinski definition) is 1. The van der Waals surface area contributed by atoms with Gasteiger partial charge in [0.2, 0.25) is 0 Å². The minimum Gasteiger partial charge on any atom is -0.379 e. The van der Waals surface area contributed by atoms with Crippen molar-refractivity contribution in [3.63, 3.8) is 0 Å². The Kier molecular flexibility index (Phi) is 3.08. The summed E-state index contributed by atoms with van der Waals surface area (Å²) >= 11 is 0. The number of hydrogen-bond acceptors (Lipinski definition) is 4. The normalized spacial score (nSPS) is 25.4. The first-order chi connectivity index (χ1) is 7.27. The molecular weight excluding hydrogens is 192 g/mol. The minimum atomic E-state index is -0.141. The summed E-state index contributed by atoms with van der Waals surface area (Å²) in [5.41, 5.74) is 6.76. The highest BCUT2D eigenvalue weighted by Gasteiger charge is 2.30. The van der Waals surface area contributed by atoms with Crippen LogP contribution in [0.2, 0.25) is 0 Å². The van der Waals surface area contributed by atoms with E-state index in [0.29, 0.717) is 19.6 Å². The van der Waals surface area contributed by atoms with Crippen molar-refractivity contribution in [2.45, 2.75) is 12.5 Å². The molecule has 4 heteroatoms. The molecule has 1 aliphatic rings. The standard InChI is InChI=1S/C11H14N2O2/c12-10-7-15-6-9(10)11(14)5-8-1-3-13-4-2-8/h1-4,9-10H,5-7,12H2. The van der Waals surface area contributed by atoms with E-state index in [1.54, 1.807) is 12.4 Å². The number of Topliss-reactive ketones (excluding diaryl/α,β-unsaturated/α-hetero) is 1. The van der Waals surface area contributed by atoms with Gasteiger partial charge < -0.3 is 10.5 Å². The Morgan fingerprint density at radius 2 is 2.20 bits per heavy atom. The van der Waals surface area contributed by atoms with Crippen molar-refractivity contribution in [1.29, 1.82) is 0 Å². The number of aromatic nitrogens is 1. The van der Waals surface area contributed by atoms with Crippen LogP contribution in [-0.4, -0.2) is 30.0 Å². The van der Waals surface area contributed by atoms with Gasteiger partial charge in [-0.1, -0.05) is 0 Å². The van der Waals surface area contributed by atoms with E-state index in [1.165, 1.54) is 0 Å². The lowest BCUT2D eigenvalue weighted by molar-refractivity contribution is -0.122. The maximum absolute atomic E-state index is 11.8. The first-order valence-electron chi connectivity index (χ1n) is 5.02. The van der Waals surface area contributed by atoms with Crippen LogP contribution in [0.1, 0.15) is 5.56 Å². The van der Waals surface area contributed by atoms with Crippen LogP contribution in [-0.2, 0) is 16.0 Å².